The maximum absolute atomic E-state index is 5.92. The molecule has 2 fully saturated rings. The summed E-state index contributed by atoms with van der Waals surface area (Å²) in [5, 5.41) is 0. The molecule has 1 saturated heterocycles. The quantitative estimate of drug-likeness (QED) is 0.559. The minimum atomic E-state index is -0.0744. The Morgan fingerprint density at radius 2 is 2.33 bits per heavy atom. The van der Waals surface area contributed by atoms with Crippen LogP contribution >= 0.6 is 0 Å². The van der Waals surface area contributed by atoms with Crippen molar-refractivity contribution in [3.63, 3.8) is 0 Å². The Morgan fingerprint density at radius 3 is 2.87 bits per heavy atom. The number of ether oxygens (including phenoxy) is 1. The first-order valence-electron chi connectivity index (χ1n) is 5.77. The van der Waals surface area contributed by atoms with Crippen LogP contribution in [0.15, 0.2) is 4.99 Å². The molecule has 0 bridgehead atoms. The van der Waals surface area contributed by atoms with Gasteiger partial charge >= 0.3 is 0 Å². The monoisotopic (exact) mass is 211 g/mol. The lowest BCUT2D eigenvalue weighted by Crippen LogP contribution is -2.37. The van der Waals surface area contributed by atoms with E-state index in [1.807, 2.05) is 7.05 Å². The molecule has 15 heavy (non-hydrogen) atoms. The summed E-state index contributed by atoms with van der Waals surface area (Å²) in [4.78, 5) is 6.52. The van der Waals surface area contributed by atoms with Crippen molar-refractivity contribution in [1.82, 2.24) is 4.90 Å². The van der Waals surface area contributed by atoms with Crippen LogP contribution in [0.5, 0.6) is 0 Å². The maximum Gasteiger partial charge on any atom is 0.191 e. The van der Waals surface area contributed by atoms with Crippen LogP contribution in [-0.2, 0) is 4.74 Å². The molecule has 4 heteroatoms. The molecule has 2 N–H and O–H groups in total. The van der Waals surface area contributed by atoms with Crippen LogP contribution in [0.1, 0.15) is 32.6 Å². The Morgan fingerprint density at radius 1 is 1.60 bits per heavy atom. The lowest BCUT2D eigenvalue weighted by Gasteiger charge is -2.22. The highest BCUT2D eigenvalue weighted by atomic mass is 16.5. The highest BCUT2D eigenvalue weighted by molar-refractivity contribution is 5.78. The lowest BCUT2D eigenvalue weighted by atomic mass is 10.0. The minimum Gasteiger partial charge on any atom is -0.373 e. The van der Waals surface area contributed by atoms with E-state index in [9.17, 15) is 0 Å². The Bertz CT molecular complexity index is 255. The second-order valence-electron chi connectivity index (χ2n) is 4.92. The molecule has 0 spiro atoms. The molecular weight excluding hydrogens is 190 g/mol. The fraction of sp³-hybridized carbons (Fsp3) is 0.909. The van der Waals surface area contributed by atoms with Crippen molar-refractivity contribution in [2.75, 3.05) is 20.2 Å². The fourth-order valence-electron chi connectivity index (χ4n) is 1.97. The summed E-state index contributed by atoms with van der Waals surface area (Å²) >= 11 is 0. The number of guanidine groups is 1. The molecule has 0 aromatic heterocycles. The van der Waals surface area contributed by atoms with Gasteiger partial charge in [0.1, 0.15) is 0 Å². The van der Waals surface area contributed by atoms with E-state index in [0.29, 0.717) is 18.5 Å². The number of rotatable bonds is 3. The van der Waals surface area contributed by atoms with Crippen LogP contribution in [0.3, 0.4) is 0 Å². The first-order valence-corrected chi connectivity index (χ1v) is 5.77. The summed E-state index contributed by atoms with van der Waals surface area (Å²) in [6.07, 6.45) is 4.74. The Balaban J connectivity index is 1.86. The van der Waals surface area contributed by atoms with Crippen molar-refractivity contribution in [1.29, 1.82) is 0 Å². The molecule has 2 aliphatic rings. The van der Waals surface area contributed by atoms with E-state index < -0.39 is 0 Å². The predicted molar refractivity (Wildman–Crippen MR) is 60.9 cm³/mol. The van der Waals surface area contributed by atoms with Gasteiger partial charge in [-0.15, -0.1) is 0 Å². The first kappa shape index (κ1) is 10.7. The predicted octanol–water partition coefficient (Wildman–Crippen LogP) is 0.964. The SMILES string of the molecule is CN(C(N)=NCC1(C)CCCO1)C1CC1. The van der Waals surface area contributed by atoms with Gasteiger partial charge in [0.05, 0.1) is 12.1 Å². The van der Waals surface area contributed by atoms with Crippen molar-refractivity contribution >= 4 is 5.96 Å². The van der Waals surface area contributed by atoms with E-state index in [-0.39, 0.29) is 5.60 Å². The molecule has 1 aliphatic carbocycles. The minimum absolute atomic E-state index is 0.0744. The van der Waals surface area contributed by atoms with E-state index in [4.69, 9.17) is 10.5 Å². The van der Waals surface area contributed by atoms with Crippen molar-refractivity contribution in [3.8, 4) is 0 Å². The molecule has 0 amide bonds. The Hall–Kier alpha value is -0.770. The molecule has 1 heterocycles. The summed E-state index contributed by atoms with van der Waals surface area (Å²) in [6.45, 7) is 3.67. The van der Waals surface area contributed by atoms with E-state index in [1.54, 1.807) is 0 Å². The molecule has 1 unspecified atom stereocenters. The van der Waals surface area contributed by atoms with Gasteiger partial charge in [0.25, 0.3) is 0 Å². The van der Waals surface area contributed by atoms with Gasteiger partial charge in [-0.05, 0) is 32.6 Å². The van der Waals surface area contributed by atoms with Crippen LogP contribution in [0.4, 0.5) is 0 Å². The maximum atomic E-state index is 5.92. The number of hydrogen-bond donors (Lipinski definition) is 1. The Kier molecular flexibility index (Phi) is 2.87. The van der Waals surface area contributed by atoms with Crippen molar-refractivity contribution < 1.29 is 4.74 Å². The third-order valence-electron chi connectivity index (χ3n) is 3.33. The van der Waals surface area contributed by atoms with Crippen LogP contribution in [-0.4, -0.2) is 42.7 Å². The largest absolute Gasteiger partial charge is 0.373 e. The first-order chi connectivity index (χ1) is 7.11. The molecule has 0 aromatic rings. The molecule has 1 saturated carbocycles. The molecule has 4 nitrogen and oxygen atoms in total. The normalized spacial score (nSPS) is 32.0. The standard InChI is InChI=1S/C11H21N3O/c1-11(6-3-7-15-11)8-13-10(12)14(2)9-4-5-9/h9H,3-8H2,1-2H3,(H2,12,13). The number of nitrogens with two attached hydrogens (primary N) is 1. The second-order valence-corrected chi connectivity index (χ2v) is 4.92. The summed E-state index contributed by atoms with van der Waals surface area (Å²) in [7, 11) is 2.02. The molecular formula is C11H21N3O. The lowest BCUT2D eigenvalue weighted by molar-refractivity contribution is 0.0282. The van der Waals surface area contributed by atoms with Crippen LogP contribution in [0, 0.1) is 0 Å². The van der Waals surface area contributed by atoms with Crippen LogP contribution < -0.4 is 5.73 Å². The van der Waals surface area contributed by atoms with E-state index in [0.717, 1.165) is 19.4 Å². The van der Waals surface area contributed by atoms with Gasteiger partial charge in [-0.3, -0.25) is 4.99 Å². The van der Waals surface area contributed by atoms with Gasteiger partial charge in [-0.25, -0.2) is 0 Å². The smallest absolute Gasteiger partial charge is 0.191 e. The number of nitrogens with zero attached hydrogens (tertiary/aromatic N) is 2. The molecule has 1 aliphatic heterocycles. The van der Waals surface area contributed by atoms with Gasteiger partial charge in [0.15, 0.2) is 5.96 Å². The summed E-state index contributed by atoms with van der Waals surface area (Å²) in [6, 6.07) is 0.631. The fourth-order valence-corrected chi connectivity index (χ4v) is 1.97. The van der Waals surface area contributed by atoms with Crippen molar-refractivity contribution in [2.45, 2.75) is 44.2 Å². The molecule has 1 atom stereocenters. The third kappa shape index (κ3) is 2.62. The average molecular weight is 211 g/mol. The highest BCUT2D eigenvalue weighted by Crippen LogP contribution is 2.27. The highest BCUT2D eigenvalue weighted by Gasteiger charge is 2.31. The zero-order valence-corrected chi connectivity index (χ0v) is 9.70. The molecule has 0 aromatic carbocycles. The van der Waals surface area contributed by atoms with Crippen LogP contribution in [0.2, 0.25) is 0 Å². The van der Waals surface area contributed by atoms with Gasteiger partial charge in [0, 0.05) is 19.7 Å². The zero-order chi connectivity index (χ0) is 10.9. The van der Waals surface area contributed by atoms with Gasteiger partial charge < -0.3 is 15.4 Å². The second kappa shape index (κ2) is 4.00. The average Bonchev–Trinajstić information content (AvgIpc) is 2.98. The zero-order valence-electron chi connectivity index (χ0n) is 9.70. The van der Waals surface area contributed by atoms with E-state index in [1.165, 1.54) is 12.8 Å². The van der Waals surface area contributed by atoms with Gasteiger partial charge in [-0.1, -0.05) is 0 Å². The van der Waals surface area contributed by atoms with Crippen molar-refractivity contribution in [3.05, 3.63) is 0 Å². The summed E-state index contributed by atoms with van der Waals surface area (Å²) in [5.41, 5.74) is 5.84. The number of aliphatic imine (C=N–C) groups is 1. The molecule has 86 valence electrons. The van der Waals surface area contributed by atoms with Crippen molar-refractivity contribution in [2.24, 2.45) is 10.7 Å². The summed E-state index contributed by atoms with van der Waals surface area (Å²) in [5.74, 6) is 0.661. The van der Waals surface area contributed by atoms with Gasteiger partial charge in [-0.2, -0.15) is 0 Å². The van der Waals surface area contributed by atoms with E-state index >= 15 is 0 Å². The van der Waals surface area contributed by atoms with E-state index in [2.05, 4.69) is 16.8 Å². The third-order valence-corrected chi connectivity index (χ3v) is 3.33. The number of hydrogen-bond acceptors (Lipinski definition) is 2. The van der Waals surface area contributed by atoms with Gasteiger partial charge in [0.2, 0.25) is 0 Å². The Labute approximate surface area is 91.5 Å². The van der Waals surface area contributed by atoms with Crippen LogP contribution in [0.25, 0.3) is 0 Å². The molecule has 2 rings (SSSR count). The topological polar surface area (TPSA) is 50.8 Å². The molecule has 0 radical (unpaired) electrons. The summed E-state index contributed by atoms with van der Waals surface area (Å²) < 4.78 is 5.67.